The minimum atomic E-state index is 0.0221. The smallest absolute Gasteiger partial charge is 0.224 e. The van der Waals surface area contributed by atoms with Gasteiger partial charge in [0.15, 0.2) is 0 Å². The SMILES string of the molecule is NCCCC(=O)Nc1ccc(CN2CCN(c3ccccn3)CC2)cc1. The third kappa shape index (κ3) is 5.28. The standard InChI is InChI=1S/C20H27N5O/c21-10-3-5-20(26)23-18-8-6-17(7-9-18)16-24-12-14-25(15-13-24)19-4-1-2-11-22-19/h1-2,4,6-9,11H,3,5,10,12-16,21H2,(H,23,26). The Morgan fingerprint density at radius 3 is 2.50 bits per heavy atom. The van der Waals surface area contributed by atoms with Crippen LogP contribution in [0.5, 0.6) is 0 Å². The van der Waals surface area contributed by atoms with E-state index in [0.717, 1.165) is 44.2 Å². The van der Waals surface area contributed by atoms with Gasteiger partial charge in [0.2, 0.25) is 5.91 Å². The molecule has 138 valence electrons. The molecular formula is C20H27N5O. The summed E-state index contributed by atoms with van der Waals surface area (Å²) in [5.41, 5.74) is 7.53. The predicted octanol–water partition coefficient (Wildman–Crippen LogP) is 2.08. The monoisotopic (exact) mass is 353 g/mol. The first-order valence-corrected chi connectivity index (χ1v) is 9.22. The summed E-state index contributed by atoms with van der Waals surface area (Å²) in [5, 5.41) is 2.91. The number of nitrogens with two attached hydrogens (primary N) is 1. The molecule has 0 bridgehead atoms. The lowest BCUT2D eigenvalue weighted by Crippen LogP contribution is -2.46. The number of piperazine rings is 1. The summed E-state index contributed by atoms with van der Waals surface area (Å²) < 4.78 is 0. The molecule has 0 radical (unpaired) electrons. The Labute approximate surface area is 155 Å². The van der Waals surface area contributed by atoms with Crippen LogP contribution >= 0.6 is 0 Å². The van der Waals surface area contributed by atoms with Gasteiger partial charge in [-0.05, 0) is 42.8 Å². The zero-order valence-corrected chi connectivity index (χ0v) is 15.1. The van der Waals surface area contributed by atoms with Crippen LogP contribution in [0.25, 0.3) is 0 Å². The third-order valence-electron chi connectivity index (χ3n) is 4.60. The average molecular weight is 353 g/mol. The van der Waals surface area contributed by atoms with Crippen LogP contribution in [-0.2, 0) is 11.3 Å². The van der Waals surface area contributed by atoms with Gasteiger partial charge in [-0.2, -0.15) is 0 Å². The van der Waals surface area contributed by atoms with Gasteiger partial charge in [-0.1, -0.05) is 18.2 Å². The van der Waals surface area contributed by atoms with Crippen LogP contribution < -0.4 is 16.0 Å². The van der Waals surface area contributed by atoms with Crippen LogP contribution in [0.2, 0.25) is 0 Å². The molecule has 1 aromatic carbocycles. The van der Waals surface area contributed by atoms with E-state index in [1.54, 1.807) is 0 Å². The number of rotatable bonds is 7. The van der Waals surface area contributed by atoms with Crippen LogP contribution in [0.15, 0.2) is 48.7 Å². The Morgan fingerprint density at radius 1 is 1.08 bits per heavy atom. The average Bonchev–Trinajstić information content (AvgIpc) is 2.69. The van der Waals surface area contributed by atoms with Gasteiger partial charge in [0.05, 0.1) is 0 Å². The van der Waals surface area contributed by atoms with Gasteiger partial charge >= 0.3 is 0 Å². The first-order valence-electron chi connectivity index (χ1n) is 9.22. The molecule has 1 amide bonds. The number of carbonyl (C=O) groups is 1. The Morgan fingerprint density at radius 2 is 1.85 bits per heavy atom. The van der Waals surface area contributed by atoms with Crippen LogP contribution in [0.1, 0.15) is 18.4 Å². The number of aromatic nitrogens is 1. The fourth-order valence-corrected chi connectivity index (χ4v) is 3.11. The number of benzene rings is 1. The molecule has 6 heteroatoms. The molecular weight excluding hydrogens is 326 g/mol. The summed E-state index contributed by atoms with van der Waals surface area (Å²) in [7, 11) is 0. The predicted molar refractivity (Wildman–Crippen MR) is 105 cm³/mol. The molecule has 0 saturated carbocycles. The van der Waals surface area contributed by atoms with Gasteiger partial charge in [0.1, 0.15) is 5.82 Å². The Bertz CT molecular complexity index is 681. The molecule has 2 aromatic rings. The maximum Gasteiger partial charge on any atom is 0.224 e. The topological polar surface area (TPSA) is 74.5 Å². The van der Waals surface area contributed by atoms with Crippen molar-refractivity contribution in [1.82, 2.24) is 9.88 Å². The van der Waals surface area contributed by atoms with Crippen molar-refractivity contribution in [2.75, 3.05) is 42.9 Å². The van der Waals surface area contributed by atoms with E-state index in [1.807, 2.05) is 30.5 Å². The summed E-state index contributed by atoms with van der Waals surface area (Å²) in [4.78, 5) is 20.9. The van der Waals surface area contributed by atoms with Crippen molar-refractivity contribution in [3.05, 3.63) is 54.2 Å². The normalized spacial score (nSPS) is 15.0. The van der Waals surface area contributed by atoms with E-state index < -0.39 is 0 Å². The Kier molecular flexibility index (Phi) is 6.57. The fraction of sp³-hybridized carbons (Fsp3) is 0.400. The lowest BCUT2D eigenvalue weighted by atomic mass is 10.1. The van der Waals surface area contributed by atoms with Gasteiger partial charge in [-0.25, -0.2) is 4.98 Å². The molecule has 0 aliphatic carbocycles. The molecule has 3 rings (SSSR count). The van der Waals surface area contributed by atoms with Crippen LogP contribution in [0.3, 0.4) is 0 Å². The van der Waals surface area contributed by atoms with Crippen molar-refractivity contribution in [3.8, 4) is 0 Å². The molecule has 0 unspecified atom stereocenters. The third-order valence-corrected chi connectivity index (χ3v) is 4.60. The van der Waals surface area contributed by atoms with E-state index in [0.29, 0.717) is 19.4 Å². The number of anilines is 2. The highest BCUT2D eigenvalue weighted by Crippen LogP contribution is 2.16. The van der Waals surface area contributed by atoms with Gasteiger partial charge < -0.3 is 16.0 Å². The zero-order valence-electron chi connectivity index (χ0n) is 15.1. The van der Waals surface area contributed by atoms with Crippen molar-refractivity contribution in [2.24, 2.45) is 5.73 Å². The van der Waals surface area contributed by atoms with Gasteiger partial charge in [0.25, 0.3) is 0 Å². The number of hydrogen-bond acceptors (Lipinski definition) is 5. The van der Waals surface area contributed by atoms with E-state index in [1.165, 1.54) is 5.56 Å². The van der Waals surface area contributed by atoms with Gasteiger partial charge in [0, 0.05) is 51.0 Å². The Hall–Kier alpha value is -2.44. The lowest BCUT2D eigenvalue weighted by Gasteiger charge is -2.35. The van der Waals surface area contributed by atoms with Crippen molar-refractivity contribution < 1.29 is 4.79 Å². The molecule has 1 fully saturated rings. The summed E-state index contributed by atoms with van der Waals surface area (Å²) >= 11 is 0. The number of amides is 1. The quantitative estimate of drug-likeness (QED) is 0.797. The molecule has 3 N–H and O–H groups in total. The van der Waals surface area contributed by atoms with E-state index in [2.05, 4.69) is 38.3 Å². The van der Waals surface area contributed by atoms with Crippen LogP contribution in [0, 0.1) is 0 Å². The fourth-order valence-electron chi connectivity index (χ4n) is 3.11. The highest BCUT2D eigenvalue weighted by atomic mass is 16.1. The summed E-state index contributed by atoms with van der Waals surface area (Å²) in [6.07, 6.45) is 3.03. The molecule has 1 saturated heterocycles. The number of pyridine rings is 1. The highest BCUT2D eigenvalue weighted by Gasteiger charge is 2.17. The molecule has 1 aliphatic heterocycles. The van der Waals surface area contributed by atoms with Crippen LogP contribution in [-0.4, -0.2) is 48.5 Å². The van der Waals surface area contributed by atoms with Gasteiger partial charge in [-0.15, -0.1) is 0 Å². The molecule has 0 spiro atoms. The van der Waals surface area contributed by atoms with Crippen LogP contribution in [0.4, 0.5) is 11.5 Å². The molecule has 26 heavy (non-hydrogen) atoms. The molecule has 1 aliphatic rings. The first-order chi connectivity index (χ1) is 12.7. The minimum Gasteiger partial charge on any atom is -0.354 e. The molecule has 2 heterocycles. The first kappa shape index (κ1) is 18.4. The Balaban J connectivity index is 1.46. The summed E-state index contributed by atoms with van der Waals surface area (Å²) in [6.45, 7) is 5.50. The maximum atomic E-state index is 11.7. The molecule has 0 atom stereocenters. The van der Waals surface area contributed by atoms with Crippen molar-refractivity contribution in [2.45, 2.75) is 19.4 Å². The number of nitrogens with zero attached hydrogens (tertiary/aromatic N) is 3. The van der Waals surface area contributed by atoms with Gasteiger partial charge in [-0.3, -0.25) is 9.69 Å². The number of hydrogen-bond donors (Lipinski definition) is 2. The summed E-state index contributed by atoms with van der Waals surface area (Å²) in [6, 6.07) is 14.2. The number of nitrogens with one attached hydrogen (secondary N) is 1. The molecule has 6 nitrogen and oxygen atoms in total. The van der Waals surface area contributed by atoms with E-state index in [9.17, 15) is 4.79 Å². The van der Waals surface area contributed by atoms with Crippen molar-refractivity contribution >= 4 is 17.4 Å². The van der Waals surface area contributed by atoms with Crippen molar-refractivity contribution in [3.63, 3.8) is 0 Å². The van der Waals surface area contributed by atoms with E-state index in [4.69, 9.17) is 5.73 Å². The van der Waals surface area contributed by atoms with Crippen molar-refractivity contribution in [1.29, 1.82) is 0 Å². The maximum absolute atomic E-state index is 11.7. The van der Waals surface area contributed by atoms with E-state index >= 15 is 0 Å². The minimum absolute atomic E-state index is 0.0221. The highest BCUT2D eigenvalue weighted by molar-refractivity contribution is 5.90. The number of carbonyl (C=O) groups excluding carboxylic acids is 1. The second-order valence-corrected chi connectivity index (χ2v) is 6.59. The van der Waals surface area contributed by atoms with E-state index in [-0.39, 0.29) is 5.91 Å². The largest absolute Gasteiger partial charge is 0.354 e. The second kappa shape index (κ2) is 9.31. The second-order valence-electron chi connectivity index (χ2n) is 6.59. The molecule has 1 aromatic heterocycles. The lowest BCUT2D eigenvalue weighted by molar-refractivity contribution is -0.116. The summed E-state index contributed by atoms with van der Waals surface area (Å²) in [5.74, 6) is 1.08. The zero-order chi connectivity index (χ0) is 18.2.